The van der Waals surface area contributed by atoms with Crippen LogP contribution in [0.4, 0.5) is 0 Å². The molecule has 0 bridgehead atoms. The maximum absolute atomic E-state index is 11.8. The Kier molecular flexibility index (Phi) is 6.74. The summed E-state index contributed by atoms with van der Waals surface area (Å²) in [6, 6.07) is -0.337. The van der Waals surface area contributed by atoms with Crippen molar-refractivity contribution in [2.24, 2.45) is 5.18 Å². The van der Waals surface area contributed by atoms with E-state index in [0.717, 1.165) is 0 Å². The number of hydrogen-bond acceptors (Lipinski definition) is 7. The van der Waals surface area contributed by atoms with Gasteiger partial charge in [0.15, 0.2) is 0 Å². The van der Waals surface area contributed by atoms with Crippen LogP contribution in [-0.4, -0.2) is 39.4 Å². The maximum atomic E-state index is 11.8. The Balaban J connectivity index is 2.70. The molecule has 0 radical (unpaired) electrons. The number of aromatic nitrogens is 2. The first-order chi connectivity index (χ1) is 10.5. The first kappa shape index (κ1) is 17.3. The highest BCUT2D eigenvalue weighted by molar-refractivity contribution is 5.92. The Morgan fingerprint density at radius 2 is 2.32 bits per heavy atom. The summed E-state index contributed by atoms with van der Waals surface area (Å²) in [4.78, 5) is 40.5. The summed E-state index contributed by atoms with van der Waals surface area (Å²) in [5, 5.41) is 16.2. The average Bonchev–Trinajstić information content (AvgIpc) is 2.55. The number of rotatable bonds is 8. The van der Waals surface area contributed by atoms with Crippen LogP contribution >= 0.6 is 0 Å². The van der Waals surface area contributed by atoms with E-state index in [1.165, 1.54) is 31.6 Å². The van der Waals surface area contributed by atoms with Gasteiger partial charge in [-0.2, -0.15) is 4.91 Å². The summed E-state index contributed by atoms with van der Waals surface area (Å²) in [6.45, 7) is 3.14. The number of carbonyl (C=O) groups excluding carboxylic acids is 1. The van der Waals surface area contributed by atoms with Crippen LogP contribution in [0.25, 0.3) is 0 Å². The van der Waals surface area contributed by atoms with Gasteiger partial charge in [0, 0.05) is 30.2 Å². The van der Waals surface area contributed by atoms with Gasteiger partial charge in [-0.1, -0.05) is 12.1 Å². The zero-order valence-corrected chi connectivity index (χ0v) is 12.3. The molecule has 2 unspecified atom stereocenters. The number of hydrogen-bond donors (Lipinski definition) is 1. The van der Waals surface area contributed by atoms with Crippen molar-refractivity contribution in [1.29, 1.82) is 0 Å². The number of nitrogens with one attached hydrogen (secondary N) is 1. The average molecular weight is 307 g/mol. The molecule has 1 N–H and O–H groups in total. The number of nitro groups is 1. The quantitative estimate of drug-likeness (QED) is 0.334. The molecular formula is C13H17N5O4. The smallest absolute Gasteiger partial charge is 0.270 e. The van der Waals surface area contributed by atoms with Gasteiger partial charge in [-0.25, -0.2) is 9.97 Å². The summed E-state index contributed by atoms with van der Waals surface area (Å²) in [6.07, 6.45) is 4.51. The minimum atomic E-state index is -0.896. The first-order valence-corrected chi connectivity index (χ1v) is 6.70. The van der Waals surface area contributed by atoms with E-state index < -0.39 is 22.9 Å². The fraction of sp³-hybridized carbons (Fsp3) is 0.462. The molecule has 0 fully saturated rings. The molecule has 9 nitrogen and oxygen atoms in total. The van der Waals surface area contributed by atoms with Crippen LogP contribution in [0.15, 0.2) is 35.4 Å². The van der Waals surface area contributed by atoms with E-state index >= 15 is 0 Å². The van der Waals surface area contributed by atoms with Gasteiger partial charge < -0.3 is 5.32 Å². The van der Waals surface area contributed by atoms with Gasteiger partial charge in [0.05, 0.1) is 0 Å². The second-order valence-electron chi connectivity index (χ2n) is 4.53. The van der Waals surface area contributed by atoms with Crippen molar-refractivity contribution in [2.75, 3.05) is 6.54 Å². The van der Waals surface area contributed by atoms with Crippen molar-refractivity contribution in [2.45, 2.75) is 32.4 Å². The molecule has 1 rings (SSSR count). The third-order valence-corrected chi connectivity index (χ3v) is 3.09. The lowest BCUT2D eigenvalue weighted by Gasteiger charge is -2.11. The number of nitrogens with zero attached hydrogens (tertiary/aromatic N) is 4. The molecule has 22 heavy (non-hydrogen) atoms. The Morgan fingerprint density at radius 3 is 2.82 bits per heavy atom. The Labute approximate surface area is 127 Å². The maximum Gasteiger partial charge on any atom is 0.270 e. The zero-order valence-electron chi connectivity index (χ0n) is 12.3. The predicted octanol–water partition coefficient (Wildman–Crippen LogP) is 1.34. The van der Waals surface area contributed by atoms with Gasteiger partial charge in [0.25, 0.3) is 5.91 Å². The first-order valence-electron chi connectivity index (χ1n) is 6.70. The van der Waals surface area contributed by atoms with E-state index in [-0.39, 0.29) is 12.2 Å². The van der Waals surface area contributed by atoms with E-state index in [1.807, 2.05) is 0 Å². The minimum Gasteiger partial charge on any atom is -0.348 e. The molecule has 1 aromatic rings. The van der Waals surface area contributed by atoms with Crippen molar-refractivity contribution in [3.8, 4) is 0 Å². The lowest BCUT2D eigenvalue weighted by molar-refractivity contribution is -0.508. The van der Waals surface area contributed by atoms with E-state index in [1.54, 1.807) is 6.92 Å². The minimum absolute atomic E-state index is 0.0553. The molecule has 118 valence electrons. The van der Waals surface area contributed by atoms with Crippen molar-refractivity contribution >= 4 is 5.91 Å². The van der Waals surface area contributed by atoms with Gasteiger partial charge in [-0.15, -0.1) is 0 Å². The predicted molar refractivity (Wildman–Crippen MR) is 78.8 cm³/mol. The lowest BCUT2D eigenvalue weighted by Crippen LogP contribution is -2.31. The zero-order chi connectivity index (χ0) is 16.5. The van der Waals surface area contributed by atoms with E-state index in [9.17, 15) is 19.8 Å². The van der Waals surface area contributed by atoms with Crippen LogP contribution in [0.3, 0.4) is 0 Å². The van der Waals surface area contributed by atoms with E-state index in [4.69, 9.17) is 0 Å². The van der Waals surface area contributed by atoms with Crippen molar-refractivity contribution < 1.29 is 9.72 Å². The van der Waals surface area contributed by atoms with Crippen LogP contribution in [0.5, 0.6) is 0 Å². The van der Waals surface area contributed by atoms with E-state index in [2.05, 4.69) is 20.5 Å². The topological polar surface area (TPSA) is 127 Å². The second-order valence-corrected chi connectivity index (χ2v) is 4.53. The van der Waals surface area contributed by atoms with Gasteiger partial charge in [-0.3, -0.25) is 14.9 Å². The van der Waals surface area contributed by atoms with Crippen LogP contribution in [0.1, 0.15) is 30.8 Å². The van der Waals surface area contributed by atoms with Crippen LogP contribution in [0.2, 0.25) is 0 Å². The monoisotopic (exact) mass is 307 g/mol. The largest absolute Gasteiger partial charge is 0.348 e. The highest BCUT2D eigenvalue weighted by Crippen LogP contribution is 2.12. The summed E-state index contributed by atoms with van der Waals surface area (Å²) in [5.74, 6) is -0.468. The SMILES string of the molecule is CCC(=CC(CNC(=O)c1ccncn1)N=O)C(C)[N+](=O)[O-]. The van der Waals surface area contributed by atoms with Gasteiger partial charge in [0.2, 0.25) is 6.04 Å². The molecule has 1 aromatic heterocycles. The van der Waals surface area contributed by atoms with Crippen LogP contribution in [0, 0.1) is 15.0 Å². The van der Waals surface area contributed by atoms with Crippen LogP contribution in [-0.2, 0) is 0 Å². The Hall–Kier alpha value is -2.71. The normalized spacial score (nSPS) is 14.0. The molecule has 1 amide bonds. The summed E-state index contributed by atoms with van der Waals surface area (Å²) in [7, 11) is 0. The molecule has 0 saturated heterocycles. The standard InChI is InChI=1S/C13H17N5O4/c1-3-10(9(2)18(21)22)6-11(17-20)7-15-13(19)12-4-5-14-8-16-12/h4-6,8-9,11H,3,7H2,1-2H3,(H,15,19). The molecule has 0 aliphatic rings. The molecule has 0 aromatic carbocycles. The highest BCUT2D eigenvalue weighted by Gasteiger charge is 2.20. The van der Waals surface area contributed by atoms with E-state index in [0.29, 0.717) is 12.0 Å². The van der Waals surface area contributed by atoms with Crippen LogP contribution < -0.4 is 5.32 Å². The van der Waals surface area contributed by atoms with Crippen molar-refractivity contribution in [1.82, 2.24) is 15.3 Å². The van der Waals surface area contributed by atoms with Gasteiger partial charge in [-0.05, 0) is 18.6 Å². The van der Waals surface area contributed by atoms with Crippen molar-refractivity contribution in [3.63, 3.8) is 0 Å². The summed E-state index contributed by atoms with van der Waals surface area (Å²) >= 11 is 0. The Bertz CT molecular complexity index is 561. The second kappa shape index (κ2) is 8.55. The molecule has 0 spiro atoms. The fourth-order valence-corrected chi connectivity index (χ4v) is 1.77. The number of nitroso groups, excluding NO2 is 1. The molecule has 2 atom stereocenters. The molecule has 0 aliphatic heterocycles. The van der Waals surface area contributed by atoms with Gasteiger partial charge in [0.1, 0.15) is 18.1 Å². The number of amides is 1. The molecule has 1 heterocycles. The number of carbonyl (C=O) groups is 1. The summed E-state index contributed by atoms with van der Waals surface area (Å²) < 4.78 is 0. The third-order valence-electron chi connectivity index (χ3n) is 3.09. The molecule has 0 aliphatic carbocycles. The molecule has 0 saturated carbocycles. The van der Waals surface area contributed by atoms with Gasteiger partial charge >= 0.3 is 0 Å². The lowest BCUT2D eigenvalue weighted by atomic mass is 10.0. The molecule has 9 heteroatoms. The summed E-state index contributed by atoms with van der Waals surface area (Å²) in [5.41, 5.74) is 0.656. The molecular weight excluding hydrogens is 290 g/mol. The highest BCUT2D eigenvalue weighted by atomic mass is 16.6. The fourth-order valence-electron chi connectivity index (χ4n) is 1.77. The Morgan fingerprint density at radius 1 is 1.59 bits per heavy atom. The third kappa shape index (κ3) is 5.00. The van der Waals surface area contributed by atoms with Crippen molar-refractivity contribution in [3.05, 3.63) is 51.0 Å².